The van der Waals surface area contributed by atoms with Gasteiger partial charge >= 0.3 is 0 Å². The van der Waals surface area contributed by atoms with Crippen LogP contribution in [-0.4, -0.2) is 39.1 Å². The topological polar surface area (TPSA) is 116 Å². The van der Waals surface area contributed by atoms with Crippen molar-refractivity contribution in [1.29, 1.82) is 10.5 Å². The molecule has 0 radical (unpaired) electrons. The van der Waals surface area contributed by atoms with Gasteiger partial charge in [0.25, 0.3) is 5.91 Å². The van der Waals surface area contributed by atoms with Crippen LogP contribution < -0.4 is 21.4 Å². The van der Waals surface area contributed by atoms with Crippen molar-refractivity contribution >= 4 is 5.91 Å². The molecule has 2 rings (SSSR count). The Labute approximate surface area is 152 Å². The van der Waals surface area contributed by atoms with E-state index in [1.807, 2.05) is 0 Å². The zero-order valence-electron chi connectivity index (χ0n) is 15.1. The third-order valence-corrected chi connectivity index (χ3v) is 4.18. The van der Waals surface area contributed by atoms with E-state index in [0.717, 1.165) is 0 Å². The molecule has 0 aromatic heterocycles. The van der Waals surface area contributed by atoms with E-state index in [1.165, 1.54) is 0 Å². The van der Waals surface area contributed by atoms with Crippen LogP contribution >= 0.6 is 0 Å². The van der Waals surface area contributed by atoms with Crippen LogP contribution in [0.3, 0.4) is 0 Å². The van der Waals surface area contributed by atoms with E-state index in [9.17, 15) is 15.3 Å². The number of carbonyl (C=O) groups is 1. The summed E-state index contributed by atoms with van der Waals surface area (Å²) in [6.45, 7) is 0. The second-order valence-electron chi connectivity index (χ2n) is 5.44. The first-order valence-electron chi connectivity index (χ1n) is 8.01. The minimum absolute atomic E-state index is 0.229. The number of nitrogens with zero attached hydrogens (tertiary/aromatic N) is 3. The van der Waals surface area contributed by atoms with Crippen LogP contribution in [0.15, 0.2) is 47.1 Å². The van der Waals surface area contributed by atoms with E-state index in [-0.39, 0.29) is 5.91 Å². The molecule has 4 N–H and O–H groups in total. The van der Waals surface area contributed by atoms with Crippen molar-refractivity contribution in [2.24, 2.45) is 0 Å². The summed E-state index contributed by atoms with van der Waals surface area (Å²) in [5, 5.41) is 29.8. The van der Waals surface area contributed by atoms with E-state index in [1.54, 1.807) is 57.5 Å². The maximum absolute atomic E-state index is 12.0. The first-order valence-corrected chi connectivity index (χ1v) is 8.01. The van der Waals surface area contributed by atoms with Crippen LogP contribution in [0.25, 0.3) is 0 Å². The van der Waals surface area contributed by atoms with Crippen LogP contribution in [0.5, 0.6) is 0 Å². The Morgan fingerprint density at radius 2 is 1.62 bits per heavy atom. The summed E-state index contributed by atoms with van der Waals surface area (Å²) < 4.78 is 0. The molecule has 0 spiro atoms. The smallest absolute Gasteiger partial charge is 0.251 e. The summed E-state index contributed by atoms with van der Waals surface area (Å²) in [4.78, 5) is 12.0. The highest BCUT2D eigenvalue weighted by molar-refractivity contribution is 5.94. The number of nitriles is 2. The van der Waals surface area contributed by atoms with Crippen molar-refractivity contribution < 1.29 is 4.79 Å². The quantitative estimate of drug-likeness (QED) is 0.610. The molecule has 0 fully saturated rings. The van der Waals surface area contributed by atoms with E-state index in [4.69, 9.17) is 0 Å². The SMILES string of the molecule is CNC(=O)c1cccc(C2C(C#N)=C(NC)N(NC)C(NC)=C2C#N)c1. The van der Waals surface area contributed by atoms with Gasteiger partial charge in [-0.25, -0.2) is 10.4 Å². The number of carbonyl (C=O) groups excluding carboxylic acids is 1. The van der Waals surface area contributed by atoms with Gasteiger partial charge in [-0.1, -0.05) is 12.1 Å². The van der Waals surface area contributed by atoms with Crippen molar-refractivity contribution in [3.63, 3.8) is 0 Å². The van der Waals surface area contributed by atoms with Crippen LogP contribution in [0, 0.1) is 22.7 Å². The summed E-state index contributed by atoms with van der Waals surface area (Å²) in [5.41, 5.74) is 4.89. The molecule has 1 amide bonds. The highest BCUT2D eigenvalue weighted by Gasteiger charge is 2.36. The zero-order chi connectivity index (χ0) is 19.3. The van der Waals surface area contributed by atoms with Gasteiger partial charge < -0.3 is 16.0 Å². The Morgan fingerprint density at radius 1 is 1.04 bits per heavy atom. The predicted octanol–water partition coefficient (Wildman–Crippen LogP) is 0.489. The molecule has 26 heavy (non-hydrogen) atoms. The Morgan fingerprint density at radius 3 is 2.04 bits per heavy atom. The molecule has 1 heterocycles. The molecule has 1 aliphatic heterocycles. The second-order valence-corrected chi connectivity index (χ2v) is 5.44. The average molecular weight is 351 g/mol. The highest BCUT2D eigenvalue weighted by atomic mass is 16.1. The van der Waals surface area contributed by atoms with E-state index in [2.05, 4.69) is 33.5 Å². The Balaban J connectivity index is 2.75. The van der Waals surface area contributed by atoms with Crippen LogP contribution in [0.1, 0.15) is 21.8 Å². The standard InChI is InChI=1S/C18H21N7O/c1-21-16-13(9-19)15(14(10-20)17(22-2)25(16)24-4)11-6-5-7-12(8-11)18(26)23-3/h5-8,15,21-22,24H,1-4H3,(H,23,26). The van der Waals surface area contributed by atoms with E-state index in [0.29, 0.717) is 33.9 Å². The average Bonchev–Trinajstić information content (AvgIpc) is 2.70. The number of amides is 1. The third-order valence-electron chi connectivity index (χ3n) is 4.18. The van der Waals surface area contributed by atoms with Crippen LogP contribution in [0.4, 0.5) is 0 Å². The van der Waals surface area contributed by atoms with Gasteiger partial charge in [0.1, 0.15) is 11.6 Å². The maximum atomic E-state index is 12.0. The van der Waals surface area contributed by atoms with Crippen molar-refractivity contribution in [2.75, 3.05) is 28.2 Å². The van der Waals surface area contributed by atoms with Crippen molar-refractivity contribution in [1.82, 2.24) is 26.4 Å². The Bertz CT molecular complexity index is 817. The third kappa shape index (κ3) is 3.06. The highest BCUT2D eigenvalue weighted by Crippen LogP contribution is 2.39. The predicted molar refractivity (Wildman–Crippen MR) is 96.9 cm³/mol. The zero-order valence-corrected chi connectivity index (χ0v) is 15.1. The summed E-state index contributed by atoms with van der Waals surface area (Å²) in [6.07, 6.45) is 0. The molecule has 0 saturated heterocycles. The molecule has 0 saturated carbocycles. The molecule has 1 aromatic carbocycles. The van der Waals surface area contributed by atoms with Gasteiger partial charge in [-0.2, -0.15) is 10.5 Å². The number of hydrazine groups is 1. The number of rotatable bonds is 5. The van der Waals surface area contributed by atoms with Crippen LogP contribution in [0.2, 0.25) is 0 Å². The van der Waals surface area contributed by atoms with Gasteiger partial charge in [0, 0.05) is 33.8 Å². The van der Waals surface area contributed by atoms with E-state index < -0.39 is 5.92 Å². The lowest BCUT2D eigenvalue weighted by molar-refractivity contribution is 0.0963. The molecule has 8 nitrogen and oxygen atoms in total. The van der Waals surface area contributed by atoms with Gasteiger partial charge in [0.2, 0.25) is 0 Å². The molecule has 0 unspecified atom stereocenters. The summed E-state index contributed by atoms with van der Waals surface area (Å²) >= 11 is 0. The fourth-order valence-electron chi connectivity index (χ4n) is 3.06. The van der Waals surface area contributed by atoms with Gasteiger partial charge in [-0.05, 0) is 17.7 Å². The van der Waals surface area contributed by atoms with Crippen LogP contribution in [-0.2, 0) is 0 Å². The summed E-state index contributed by atoms with van der Waals surface area (Å²) in [5.74, 6) is 0.249. The second kappa shape index (κ2) is 8.06. The van der Waals surface area contributed by atoms with Crippen molar-refractivity contribution in [3.05, 3.63) is 58.2 Å². The molecule has 8 heteroatoms. The fourth-order valence-corrected chi connectivity index (χ4v) is 3.06. The molecule has 134 valence electrons. The van der Waals surface area contributed by atoms with Gasteiger partial charge in [-0.15, -0.1) is 0 Å². The number of hydrogen-bond donors (Lipinski definition) is 4. The van der Waals surface area contributed by atoms with Crippen molar-refractivity contribution in [2.45, 2.75) is 5.92 Å². The lowest BCUT2D eigenvalue weighted by atomic mass is 9.82. The van der Waals surface area contributed by atoms with Crippen molar-refractivity contribution in [3.8, 4) is 12.1 Å². The van der Waals surface area contributed by atoms with Gasteiger partial charge in [-0.3, -0.25) is 4.79 Å². The monoisotopic (exact) mass is 351 g/mol. The minimum Gasteiger partial charge on any atom is -0.373 e. The first kappa shape index (κ1) is 18.8. The molecule has 0 bridgehead atoms. The van der Waals surface area contributed by atoms with Gasteiger partial charge in [0.15, 0.2) is 0 Å². The Kier molecular flexibility index (Phi) is 5.84. The summed E-state index contributed by atoms with van der Waals surface area (Å²) in [7, 11) is 6.67. The normalized spacial score (nSPS) is 14.6. The fraction of sp³-hybridized carbons (Fsp3) is 0.278. The lowest BCUT2D eigenvalue weighted by Gasteiger charge is -2.36. The lowest BCUT2D eigenvalue weighted by Crippen LogP contribution is -2.46. The van der Waals surface area contributed by atoms with E-state index >= 15 is 0 Å². The number of hydrogen-bond acceptors (Lipinski definition) is 7. The first-order chi connectivity index (χ1) is 12.6. The van der Waals surface area contributed by atoms with Gasteiger partial charge in [0.05, 0.1) is 29.2 Å². The molecule has 1 aliphatic rings. The largest absolute Gasteiger partial charge is 0.373 e. The minimum atomic E-state index is -0.593. The maximum Gasteiger partial charge on any atom is 0.251 e. The molecular formula is C18H21N7O. The number of benzene rings is 1. The summed E-state index contributed by atoms with van der Waals surface area (Å²) in [6, 6.07) is 11.4. The molecular weight excluding hydrogens is 330 g/mol. The molecule has 0 atom stereocenters. The number of nitrogens with one attached hydrogen (secondary N) is 4. The Hall–Kier alpha value is -3.49. The molecule has 1 aromatic rings. The number of allylic oxidation sites excluding steroid dienone is 2. The molecule has 0 aliphatic carbocycles.